The molecule has 0 aliphatic heterocycles. The van der Waals surface area contributed by atoms with Crippen LogP contribution in [0.15, 0.2) is 12.1 Å². The minimum atomic E-state index is 0.441. The largest absolute Gasteiger partial charge is 0.313 e. The van der Waals surface area contributed by atoms with Crippen LogP contribution in [-0.4, -0.2) is 7.05 Å². The minimum Gasteiger partial charge on any atom is -0.313 e. The summed E-state index contributed by atoms with van der Waals surface area (Å²) in [5.74, 6) is 0. The Labute approximate surface area is 101 Å². The lowest BCUT2D eigenvalue weighted by Crippen LogP contribution is -2.11. The molecule has 2 aromatic rings. The molecular formula is C14H19NS. The van der Waals surface area contributed by atoms with Gasteiger partial charge in [-0.3, -0.25) is 0 Å². The summed E-state index contributed by atoms with van der Waals surface area (Å²) >= 11 is 1.93. The second-order valence-electron chi connectivity index (χ2n) is 4.51. The molecule has 86 valence electrons. The Morgan fingerprint density at radius 3 is 2.31 bits per heavy atom. The molecule has 0 bridgehead atoms. The smallest absolute Gasteiger partial charge is 0.0386 e. The highest BCUT2D eigenvalue weighted by molar-refractivity contribution is 7.19. The highest BCUT2D eigenvalue weighted by atomic mass is 32.1. The molecule has 0 aliphatic rings. The normalized spacial score (nSPS) is 13.3. The predicted octanol–water partition coefficient (Wildman–Crippen LogP) is 4.11. The summed E-state index contributed by atoms with van der Waals surface area (Å²) in [5, 5.41) is 4.79. The molecule has 1 heterocycles. The third kappa shape index (κ3) is 1.66. The van der Waals surface area contributed by atoms with Crippen LogP contribution in [0.5, 0.6) is 0 Å². The third-order valence-corrected chi connectivity index (χ3v) is 4.96. The van der Waals surface area contributed by atoms with Gasteiger partial charge in [-0.15, -0.1) is 11.3 Å². The highest BCUT2D eigenvalue weighted by Gasteiger charge is 2.15. The van der Waals surface area contributed by atoms with E-state index in [1.54, 1.807) is 0 Å². The molecule has 0 radical (unpaired) electrons. The van der Waals surface area contributed by atoms with Crippen LogP contribution in [0.1, 0.15) is 34.5 Å². The van der Waals surface area contributed by atoms with Crippen molar-refractivity contribution in [1.29, 1.82) is 0 Å². The van der Waals surface area contributed by atoms with Crippen molar-refractivity contribution in [1.82, 2.24) is 5.32 Å². The Hall–Kier alpha value is -0.860. The van der Waals surface area contributed by atoms with E-state index in [9.17, 15) is 0 Å². The lowest BCUT2D eigenvalue weighted by Gasteiger charge is -2.08. The van der Waals surface area contributed by atoms with Crippen LogP contribution in [0.3, 0.4) is 0 Å². The van der Waals surface area contributed by atoms with Gasteiger partial charge in [-0.05, 0) is 56.8 Å². The highest BCUT2D eigenvalue weighted by Crippen LogP contribution is 2.37. The molecule has 0 saturated heterocycles. The van der Waals surface area contributed by atoms with E-state index >= 15 is 0 Å². The molecule has 0 saturated carbocycles. The zero-order valence-electron chi connectivity index (χ0n) is 10.6. The SMILES string of the molecule is CNC(C)c1sc2c(C)ccc(C)c2c1C. The molecule has 1 N–H and O–H groups in total. The molecule has 1 aromatic carbocycles. The van der Waals surface area contributed by atoms with E-state index in [0.717, 1.165) is 0 Å². The van der Waals surface area contributed by atoms with Crippen molar-refractivity contribution in [3.8, 4) is 0 Å². The van der Waals surface area contributed by atoms with Gasteiger partial charge in [0.1, 0.15) is 0 Å². The van der Waals surface area contributed by atoms with Crippen molar-refractivity contribution in [2.45, 2.75) is 33.7 Å². The topological polar surface area (TPSA) is 12.0 Å². The van der Waals surface area contributed by atoms with E-state index in [2.05, 4.69) is 45.1 Å². The Morgan fingerprint density at radius 1 is 1.12 bits per heavy atom. The molecule has 1 atom stereocenters. The van der Waals surface area contributed by atoms with Crippen LogP contribution in [0.2, 0.25) is 0 Å². The zero-order valence-corrected chi connectivity index (χ0v) is 11.5. The summed E-state index contributed by atoms with van der Waals surface area (Å²) in [5.41, 5.74) is 4.23. The van der Waals surface area contributed by atoms with Crippen LogP contribution in [0.4, 0.5) is 0 Å². The molecule has 0 amide bonds. The van der Waals surface area contributed by atoms with Crippen molar-refractivity contribution in [3.63, 3.8) is 0 Å². The van der Waals surface area contributed by atoms with E-state index in [1.807, 2.05) is 18.4 Å². The van der Waals surface area contributed by atoms with Gasteiger partial charge in [0.15, 0.2) is 0 Å². The van der Waals surface area contributed by atoms with Crippen molar-refractivity contribution < 1.29 is 0 Å². The van der Waals surface area contributed by atoms with E-state index in [1.165, 1.54) is 31.7 Å². The van der Waals surface area contributed by atoms with E-state index in [4.69, 9.17) is 0 Å². The van der Waals surface area contributed by atoms with Crippen molar-refractivity contribution >= 4 is 21.4 Å². The van der Waals surface area contributed by atoms with Crippen LogP contribution in [0, 0.1) is 20.8 Å². The molecule has 1 nitrogen and oxygen atoms in total. The van der Waals surface area contributed by atoms with Crippen molar-refractivity contribution in [2.24, 2.45) is 0 Å². The average Bonchev–Trinajstić information content (AvgIpc) is 2.62. The fourth-order valence-corrected chi connectivity index (χ4v) is 3.65. The number of rotatable bonds is 2. The Kier molecular flexibility index (Phi) is 3.04. The molecule has 0 fully saturated rings. The summed E-state index contributed by atoms with van der Waals surface area (Å²) in [6, 6.07) is 4.89. The first-order chi connectivity index (χ1) is 7.56. The van der Waals surface area contributed by atoms with Gasteiger partial charge in [0.05, 0.1) is 0 Å². The maximum absolute atomic E-state index is 3.33. The van der Waals surface area contributed by atoms with Crippen molar-refractivity contribution in [3.05, 3.63) is 33.7 Å². The fraction of sp³-hybridized carbons (Fsp3) is 0.429. The van der Waals surface area contributed by atoms with Gasteiger partial charge < -0.3 is 5.32 Å². The number of benzene rings is 1. The maximum Gasteiger partial charge on any atom is 0.0386 e. The van der Waals surface area contributed by atoms with Crippen LogP contribution >= 0.6 is 11.3 Å². The van der Waals surface area contributed by atoms with Gasteiger partial charge in [-0.2, -0.15) is 0 Å². The first-order valence-electron chi connectivity index (χ1n) is 5.72. The Balaban J connectivity index is 2.77. The van der Waals surface area contributed by atoms with Crippen LogP contribution in [-0.2, 0) is 0 Å². The van der Waals surface area contributed by atoms with Crippen LogP contribution in [0.25, 0.3) is 10.1 Å². The molecule has 1 unspecified atom stereocenters. The lowest BCUT2D eigenvalue weighted by atomic mass is 10.0. The summed E-state index contributed by atoms with van der Waals surface area (Å²) < 4.78 is 1.45. The standard InChI is InChI=1S/C14H19NS/c1-8-6-7-9(2)13-12(8)10(3)14(16-13)11(4)15-5/h6-7,11,15H,1-5H3. The molecule has 16 heavy (non-hydrogen) atoms. The lowest BCUT2D eigenvalue weighted by molar-refractivity contribution is 0.661. The van der Waals surface area contributed by atoms with Gasteiger partial charge in [0.2, 0.25) is 0 Å². The molecular weight excluding hydrogens is 214 g/mol. The first-order valence-corrected chi connectivity index (χ1v) is 6.54. The quantitative estimate of drug-likeness (QED) is 0.823. The maximum atomic E-state index is 3.33. The first kappa shape index (κ1) is 11.6. The second kappa shape index (κ2) is 4.19. The second-order valence-corrected chi connectivity index (χ2v) is 5.56. The van der Waals surface area contributed by atoms with E-state index < -0.39 is 0 Å². The predicted molar refractivity (Wildman–Crippen MR) is 73.5 cm³/mol. The van der Waals surface area contributed by atoms with Gasteiger partial charge in [0.25, 0.3) is 0 Å². The summed E-state index contributed by atoms with van der Waals surface area (Å²) in [4.78, 5) is 1.47. The third-order valence-electron chi connectivity index (χ3n) is 3.35. The number of hydrogen-bond acceptors (Lipinski definition) is 2. The van der Waals surface area contributed by atoms with Gasteiger partial charge in [-0.25, -0.2) is 0 Å². The average molecular weight is 233 g/mol. The Morgan fingerprint density at radius 2 is 1.75 bits per heavy atom. The summed E-state index contributed by atoms with van der Waals surface area (Å²) in [7, 11) is 2.02. The van der Waals surface area contributed by atoms with Gasteiger partial charge in [0, 0.05) is 15.6 Å². The van der Waals surface area contributed by atoms with Gasteiger partial charge in [-0.1, -0.05) is 12.1 Å². The number of nitrogens with one attached hydrogen (secondary N) is 1. The molecule has 2 heteroatoms. The molecule has 0 spiro atoms. The number of aryl methyl sites for hydroxylation is 3. The number of thiophene rings is 1. The molecule has 0 aliphatic carbocycles. The number of fused-ring (bicyclic) bond motifs is 1. The van der Waals surface area contributed by atoms with Crippen molar-refractivity contribution in [2.75, 3.05) is 7.05 Å². The number of hydrogen-bond donors (Lipinski definition) is 1. The van der Waals surface area contributed by atoms with Crippen LogP contribution < -0.4 is 5.32 Å². The van der Waals surface area contributed by atoms with Gasteiger partial charge >= 0.3 is 0 Å². The summed E-state index contributed by atoms with van der Waals surface area (Å²) in [6.07, 6.45) is 0. The minimum absolute atomic E-state index is 0.441. The Bertz CT molecular complexity index is 525. The summed E-state index contributed by atoms with van der Waals surface area (Å²) in [6.45, 7) is 8.87. The monoisotopic (exact) mass is 233 g/mol. The molecule has 1 aromatic heterocycles. The van der Waals surface area contributed by atoms with E-state index in [0.29, 0.717) is 6.04 Å². The zero-order chi connectivity index (χ0) is 11.9. The molecule has 2 rings (SSSR count). The van der Waals surface area contributed by atoms with E-state index in [-0.39, 0.29) is 0 Å². The fourth-order valence-electron chi connectivity index (χ4n) is 2.24.